The number of amides is 1. The van der Waals surface area contributed by atoms with Crippen LogP contribution in [-0.4, -0.2) is 26.8 Å². The lowest BCUT2D eigenvalue weighted by atomic mass is 10.0. The number of carbonyl (C=O) groups excluding carboxylic acids is 1. The number of aromatic nitrogens is 2. The van der Waals surface area contributed by atoms with Crippen molar-refractivity contribution in [3.63, 3.8) is 0 Å². The summed E-state index contributed by atoms with van der Waals surface area (Å²) >= 11 is 1.39. The highest BCUT2D eigenvalue weighted by molar-refractivity contribution is 7.99. The summed E-state index contributed by atoms with van der Waals surface area (Å²) in [5, 5.41) is 13.1. The maximum absolute atomic E-state index is 12.3. The molecule has 25 heavy (non-hydrogen) atoms. The topological polar surface area (TPSA) is 70.7 Å². The quantitative estimate of drug-likeness (QED) is 0.834. The van der Waals surface area contributed by atoms with E-state index in [0.29, 0.717) is 0 Å². The van der Waals surface area contributed by atoms with Gasteiger partial charge >= 0.3 is 0 Å². The van der Waals surface area contributed by atoms with E-state index in [2.05, 4.69) is 48.4 Å². The molecule has 5 nitrogen and oxygen atoms in total. The van der Waals surface area contributed by atoms with Gasteiger partial charge in [0.2, 0.25) is 5.91 Å². The fraction of sp³-hybridized carbons (Fsp3) is 0.421. The Bertz CT molecular complexity index is 815. The molecule has 1 aromatic heterocycles. The van der Waals surface area contributed by atoms with Gasteiger partial charge < -0.3 is 5.32 Å². The minimum atomic E-state index is -0.666. The molecular formula is C19H22N4OS. The fourth-order valence-electron chi connectivity index (χ4n) is 3.33. The second kappa shape index (κ2) is 7.32. The smallest absolute Gasteiger partial charge is 0.231 e. The highest BCUT2D eigenvalue weighted by Crippen LogP contribution is 2.29. The third kappa shape index (κ3) is 3.88. The van der Waals surface area contributed by atoms with Gasteiger partial charge in [-0.15, -0.1) is 0 Å². The Morgan fingerprint density at radius 1 is 1.40 bits per heavy atom. The van der Waals surface area contributed by atoms with Gasteiger partial charge in [-0.2, -0.15) is 5.26 Å². The molecule has 0 aliphatic heterocycles. The van der Waals surface area contributed by atoms with Crippen LogP contribution in [0.25, 0.3) is 5.69 Å². The molecule has 0 spiro atoms. The Hall–Kier alpha value is -2.26. The van der Waals surface area contributed by atoms with Crippen molar-refractivity contribution in [3.8, 4) is 11.8 Å². The van der Waals surface area contributed by atoms with Crippen molar-refractivity contribution in [2.24, 2.45) is 0 Å². The van der Waals surface area contributed by atoms with Crippen molar-refractivity contribution in [1.29, 1.82) is 5.26 Å². The fourth-order valence-corrected chi connectivity index (χ4v) is 4.10. The maximum atomic E-state index is 12.3. The van der Waals surface area contributed by atoms with Gasteiger partial charge in [0.05, 0.1) is 17.5 Å². The Morgan fingerprint density at radius 2 is 2.16 bits per heavy atom. The van der Waals surface area contributed by atoms with Gasteiger partial charge in [-0.05, 0) is 51.2 Å². The Morgan fingerprint density at radius 3 is 2.84 bits per heavy atom. The van der Waals surface area contributed by atoms with Crippen LogP contribution >= 0.6 is 11.8 Å². The van der Waals surface area contributed by atoms with E-state index in [1.54, 1.807) is 6.20 Å². The number of rotatable bonds is 5. The van der Waals surface area contributed by atoms with Crippen LogP contribution in [-0.2, 0) is 4.79 Å². The highest BCUT2D eigenvalue weighted by atomic mass is 32.2. The van der Waals surface area contributed by atoms with Crippen LogP contribution in [0.5, 0.6) is 0 Å². The van der Waals surface area contributed by atoms with E-state index in [4.69, 9.17) is 0 Å². The zero-order chi connectivity index (χ0) is 17.9. The largest absolute Gasteiger partial charge is 0.337 e. The van der Waals surface area contributed by atoms with Crippen LogP contribution in [0.2, 0.25) is 0 Å². The summed E-state index contributed by atoms with van der Waals surface area (Å²) in [5.74, 6) is 0.148. The summed E-state index contributed by atoms with van der Waals surface area (Å²) in [6.45, 7) is 4.14. The number of nitriles is 1. The molecule has 1 N–H and O–H groups in total. The summed E-state index contributed by atoms with van der Waals surface area (Å²) < 4.78 is 2.00. The zero-order valence-corrected chi connectivity index (χ0v) is 15.4. The third-order valence-corrected chi connectivity index (χ3v) is 5.57. The molecule has 130 valence electrons. The minimum Gasteiger partial charge on any atom is -0.337 e. The summed E-state index contributed by atoms with van der Waals surface area (Å²) in [6, 6.07) is 8.56. The first kappa shape index (κ1) is 17.6. The molecule has 1 aliphatic rings. The molecular weight excluding hydrogens is 332 g/mol. The first-order valence-electron chi connectivity index (χ1n) is 8.49. The van der Waals surface area contributed by atoms with Gasteiger partial charge in [0.25, 0.3) is 0 Å². The molecule has 1 amide bonds. The standard InChI is InChI=1S/C19H22N4OS/c1-14-5-6-16(15(2)11-14)23-10-9-21-18(23)25-12-17(24)22-19(13-20)7-3-4-8-19/h5-6,9-11H,3-4,7-8,12H2,1-2H3,(H,22,24). The molecule has 0 atom stereocenters. The molecule has 6 heteroatoms. The van der Waals surface area contributed by atoms with E-state index >= 15 is 0 Å². The van der Waals surface area contributed by atoms with E-state index < -0.39 is 5.54 Å². The zero-order valence-electron chi connectivity index (χ0n) is 14.6. The molecule has 1 heterocycles. The molecule has 1 fully saturated rings. The number of imidazole rings is 1. The van der Waals surface area contributed by atoms with Crippen LogP contribution in [0.15, 0.2) is 35.7 Å². The normalized spacial score (nSPS) is 15.7. The Labute approximate surface area is 152 Å². The molecule has 3 rings (SSSR count). The highest BCUT2D eigenvalue weighted by Gasteiger charge is 2.35. The molecule has 1 saturated carbocycles. The number of carbonyl (C=O) groups is 1. The van der Waals surface area contributed by atoms with E-state index in [-0.39, 0.29) is 11.7 Å². The molecule has 0 radical (unpaired) electrons. The van der Waals surface area contributed by atoms with Crippen LogP contribution in [0.3, 0.4) is 0 Å². The predicted molar refractivity (Wildman–Crippen MR) is 98.7 cm³/mol. The van der Waals surface area contributed by atoms with Crippen molar-refractivity contribution >= 4 is 17.7 Å². The summed E-state index contributed by atoms with van der Waals surface area (Å²) in [5.41, 5.74) is 2.78. The van der Waals surface area contributed by atoms with Crippen molar-refractivity contribution in [2.75, 3.05) is 5.75 Å². The van der Waals surface area contributed by atoms with Gasteiger partial charge in [-0.25, -0.2) is 4.98 Å². The summed E-state index contributed by atoms with van der Waals surface area (Å²) in [6.07, 6.45) is 7.14. The summed E-state index contributed by atoms with van der Waals surface area (Å²) in [7, 11) is 0. The molecule has 0 bridgehead atoms. The third-order valence-electron chi connectivity index (χ3n) is 4.60. The number of thioether (sulfide) groups is 1. The Balaban J connectivity index is 1.68. The van der Waals surface area contributed by atoms with Gasteiger partial charge in [-0.1, -0.05) is 29.5 Å². The lowest BCUT2D eigenvalue weighted by Crippen LogP contribution is -2.45. The molecule has 0 unspecified atom stereocenters. The molecule has 1 aliphatic carbocycles. The van der Waals surface area contributed by atoms with Crippen molar-refractivity contribution in [1.82, 2.24) is 14.9 Å². The number of hydrogen-bond donors (Lipinski definition) is 1. The number of hydrogen-bond acceptors (Lipinski definition) is 4. The number of benzene rings is 1. The van der Waals surface area contributed by atoms with Gasteiger partial charge in [0, 0.05) is 12.4 Å². The number of nitrogens with zero attached hydrogens (tertiary/aromatic N) is 3. The van der Waals surface area contributed by atoms with E-state index in [0.717, 1.165) is 36.5 Å². The monoisotopic (exact) mass is 354 g/mol. The molecule has 1 aromatic carbocycles. The second-order valence-corrected chi connectivity index (χ2v) is 7.55. The van der Waals surface area contributed by atoms with E-state index in [9.17, 15) is 10.1 Å². The van der Waals surface area contributed by atoms with Gasteiger partial charge in [-0.3, -0.25) is 9.36 Å². The van der Waals surface area contributed by atoms with Crippen LogP contribution in [0, 0.1) is 25.2 Å². The van der Waals surface area contributed by atoms with Crippen LogP contribution < -0.4 is 5.32 Å². The van der Waals surface area contributed by atoms with Gasteiger partial charge in [0.15, 0.2) is 5.16 Å². The predicted octanol–water partition coefficient (Wildman–Crippen LogP) is 3.53. The van der Waals surface area contributed by atoms with Crippen molar-refractivity contribution < 1.29 is 4.79 Å². The lowest BCUT2D eigenvalue weighted by molar-refractivity contribution is -0.119. The lowest BCUT2D eigenvalue weighted by Gasteiger charge is -2.21. The molecule has 2 aromatic rings. The second-order valence-electron chi connectivity index (χ2n) is 6.61. The van der Waals surface area contributed by atoms with Crippen LogP contribution in [0.1, 0.15) is 36.8 Å². The average molecular weight is 354 g/mol. The summed E-state index contributed by atoms with van der Waals surface area (Å²) in [4.78, 5) is 16.7. The number of nitrogens with one attached hydrogen (secondary N) is 1. The van der Waals surface area contributed by atoms with Gasteiger partial charge in [0.1, 0.15) is 5.54 Å². The number of aryl methyl sites for hydroxylation is 2. The molecule has 0 saturated heterocycles. The van der Waals surface area contributed by atoms with Crippen LogP contribution in [0.4, 0.5) is 0 Å². The Kier molecular flexibility index (Phi) is 5.14. The first-order valence-corrected chi connectivity index (χ1v) is 9.48. The van der Waals surface area contributed by atoms with E-state index in [1.807, 2.05) is 10.8 Å². The van der Waals surface area contributed by atoms with E-state index in [1.165, 1.54) is 22.9 Å². The van der Waals surface area contributed by atoms with Crippen molar-refractivity contribution in [2.45, 2.75) is 50.2 Å². The van der Waals surface area contributed by atoms with Crippen molar-refractivity contribution in [3.05, 3.63) is 41.7 Å². The maximum Gasteiger partial charge on any atom is 0.231 e. The first-order chi connectivity index (χ1) is 12.0. The minimum absolute atomic E-state index is 0.108. The average Bonchev–Trinajstić information content (AvgIpc) is 3.23. The SMILES string of the molecule is Cc1ccc(-n2ccnc2SCC(=O)NC2(C#N)CCCC2)c(C)c1.